The third-order valence-electron chi connectivity index (χ3n) is 2.23. The van der Waals surface area contributed by atoms with Crippen molar-refractivity contribution >= 4 is 11.3 Å². The summed E-state index contributed by atoms with van der Waals surface area (Å²) in [6.07, 6.45) is 3.16. The molecule has 0 amide bonds. The lowest BCUT2D eigenvalue weighted by Gasteiger charge is -1.97. The van der Waals surface area contributed by atoms with E-state index in [2.05, 4.69) is 4.98 Å². The van der Waals surface area contributed by atoms with E-state index in [0.29, 0.717) is 6.42 Å². The highest BCUT2D eigenvalue weighted by Crippen LogP contribution is 2.17. The molecular formula is C12H12FNOS. The molecule has 0 atom stereocenters. The normalized spacial score (nSPS) is 10.6. The average Bonchev–Trinajstić information content (AvgIpc) is 2.70. The molecule has 0 unspecified atom stereocenters. The van der Waals surface area contributed by atoms with Crippen LogP contribution in [0.5, 0.6) is 0 Å². The van der Waals surface area contributed by atoms with E-state index in [1.807, 2.05) is 0 Å². The fraction of sp³-hybridized carbons (Fsp3) is 0.250. The topological polar surface area (TPSA) is 33.1 Å². The number of hydrogen-bond donors (Lipinski definition) is 1. The molecule has 1 heterocycles. The molecule has 1 aromatic carbocycles. The maximum absolute atomic E-state index is 12.7. The Morgan fingerprint density at radius 2 is 2.00 bits per heavy atom. The predicted molar refractivity (Wildman–Crippen MR) is 62.1 cm³/mol. The molecule has 2 nitrogen and oxygen atoms in total. The predicted octanol–water partition coefficient (Wildman–Crippen LogP) is 2.41. The number of halogens is 1. The van der Waals surface area contributed by atoms with Crippen molar-refractivity contribution in [2.75, 3.05) is 6.61 Å². The molecule has 84 valence electrons. The highest BCUT2D eigenvalue weighted by molar-refractivity contribution is 7.11. The number of nitrogens with zero attached hydrogens (tertiary/aromatic N) is 1. The molecule has 2 aromatic rings. The molecule has 4 heteroatoms. The summed E-state index contributed by atoms with van der Waals surface area (Å²) in [4.78, 5) is 5.35. The van der Waals surface area contributed by atoms with Crippen LogP contribution >= 0.6 is 11.3 Å². The van der Waals surface area contributed by atoms with Crippen LogP contribution in [0.25, 0.3) is 0 Å². The molecule has 1 N–H and O–H groups in total. The fourth-order valence-electron chi connectivity index (χ4n) is 1.43. The van der Waals surface area contributed by atoms with Gasteiger partial charge in [0.25, 0.3) is 0 Å². The van der Waals surface area contributed by atoms with Gasteiger partial charge >= 0.3 is 0 Å². The van der Waals surface area contributed by atoms with Crippen LogP contribution in [0, 0.1) is 5.82 Å². The van der Waals surface area contributed by atoms with Gasteiger partial charge in [0.15, 0.2) is 0 Å². The number of hydrogen-bond acceptors (Lipinski definition) is 3. The van der Waals surface area contributed by atoms with E-state index in [1.54, 1.807) is 29.7 Å². The Morgan fingerprint density at radius 3 is 2.69 bits per heavy atom. The summed E-state index contributed by atoms with van der Waals surface area (Å²) in [5.74, 6) is -0.219. The first-order chi connectivity index (χ1) is 7.78. The molecule has 0 aliphatic carbocycles. The van der Waals surface area contributed by atoms with Gasteiger partial charge in [-0.3, -0.25) is 0 Å². The SMILES string of the molecule is OCCc1cnc(Cc2ccc(F)cc2)s1. The zero-order valence-electron chi connectivity index (χ0n) is 8.69. The van der Waals surface area contributed by atoms with E-state index >= 15 is 0 Å². The first-order valence-electron chi connectivity index (χ1n) is 5.07. The monoisotopic (exact) mass is 237 g/mol. The first kappa shape index (κ1) is 11.2. The molecule has 0 fully saturated rings. The van der Waals surface area contributed by atoms with E-state index < -0.39 is 0 Å². The van der Waals surface area contributed by atoms with Gasteiger partial charge in [-0.05, 0) is 17.7 Å². The van der Waals surface area contributed by atoms with E-state index in [-0.39, 0.29) is 12.4 Å². The van der Waals surface area contributed by atoms with Crippen LogP contribution in [0.1, 0.15) is 15.4 Å². The Bertz CT molecular complexity index is 452. The second kappa shape index (κ2) is 5.18. The van der Waals surface area contributed by atoms with E-state index in [0.717, 1.165) is 21.9 Å². The zero-order valence-corrected chi connectivity index (χ0v) is 9.51. The highest BCUT2D eigenvalue weighted by Gasteiger charge is 2.03. The van der Waals surface area contributed by atoms with Gasteiger partial charge in [0.05, 0.1) is 5.01 Å². The number of aromatic nitrogens is 1. The fourth-order valence-corrected chi connectivity index (χ4v) is 2.38. The van der Waals surface area contributed by atoms with Crippen molar-refractivity contribution in [2.24, 2.45) is 0 Å². The van der Waals surface area contributed by atoms with Crippen molar-refractivity contribution in [3.8, 4) is 0 Å². The Hall–Kier alpha value is -1.26. The van der Waals surface area contributed by atoms with E-state index in [4.69, 9.17) is 5.11 Å². The molecule has 16 heavy (non-hydrogen) atoms. The average molecular weight is 237 g/mol. The van der Waals surface area contributed by atoms with Gasteiger partial charge in [0.1, 0.15) is 5.82 Å². The number of benzene rings is 1. The highest BCUT2D eigenvalue weighted by atomic mass is 32.1. The summed E-state index contributed by atoms with van der Waals surface area (Å²) >= 11 is 1.59. The second-order valence-electron chi connectivity index (χ2n) is 3.50. The summed E-state index contributed by atoms with van der Waals surface area (Å²) in [6.45, 7) is 0.151. The van der Waals surface area contributed by atoms with Gasteiger partial charge in [0, 0.05) is 30.5 Å². The van der Waals surface area contributed by atoms with Crippen molar-refractivity contribution in [1.82, 2.24) is 4.98 Å². The van der Waals surface area contributed by atoms with Crippen LogP contribution in [-0.4, -0.2) is 16.7 Å². The lowest BCUT2D eigenvalue weighted by molar-refractivity contribution is 0.300. The maximum Gasteiger partial charge on any atom is 0.123 e. The lowest BCUT2D eigenvalue weighted by Crippen LogP contribution is -1.86. The smallest absolute Gasteiger partial charge is 0.123 e. The Labute approximate surface area is 97.4 Å². The number of aliphatic hydroxyl groups excluding tert-OH is 1. The Morgan fingerprint density at radius 1 is 1.25 bits per heavy atom. The Kier molecular flexibility index (Phi) is 3.64. The third kappa shape index (κ3) is 2.87. The van der Waals surface area contributed by atoms with Gasteiger partial charge < -0.3 is 5.11 Å². The minimum absolute atomic E-state index is 0.151. The molecule has 0 saturated heterocycles. The van der Waals surface area contributed by atoms with Gasteiger partial charge in [-0.15, -0.1) is 11.3 Å². The summed E-state index contributed by atoms with van der Waals surface area (Å²) < 4.78 is 12.7. The van der Waals surface area contributed by atoms with Gasteiger partial charge in [-0.2, -0.15) is 0 Å². The van der Waals surface area contributed by atoms with E-state index in [1.165, 1.54) is 12.1 Å². The molecule has 2 rings (SSSR count). The summed E-state index contributed by atoms with van der Waals surface area (Å²) in [6, 6.07) is 6.44. The minimum Gasteiger partial charge on any atom is -0.396 e. The van der Waals surface area contributed by atoms with Crippen molar-refractivity contribution in [3.63, 3.8) is 0 Å². The van der Waals surface area contributed by atoms with Gasteiger partial charge in [-0.1, -0.05) is 12.1 Å². The van der Waals surface area contributed by atoms with Crippen LogP contribution in [0.3, 0.4) is 0 Å². The van der Waals surface area contributed by atoms with Crippen molar-refractivity contribution in [2.45, 2.75) is 12.8 Å². The Balaban J connectivity index is 2.05. The van der Waals surface area contributed by atoms with Gasteiger partial charge in [-0.25, -0.2) is 9.37 Å². The quantitative estimate of drug-likeness (QED) is 0.885. The van der Waals surface area contributed by atoms with Crippen LogP contribution in [0.4, 0.5) is 4.39 Å². The largest absolute Gasteiger partial charge is 0.396 e. The summed E-state index contributed by atoms with van der Waals surface area (Å²) in [5, 5.41) is 9.78. The van der Waals surface area contributed by atoms with Crippen molar-refractivity contribution in [1.29, 1.82) is 0 Å². The molecule has 0 spiro atoms. The van der Waals surface area contributed by atoms with Crippen LogP contribution < -0.4 is 0 Å². The number of aliphatic hydroxyl groups is 1. The molecule has 0 bridgehead atoms. The van der Waals surface area contributed by atoms with Gasteiger partial charge in [0.2, 0.25) is 0 Å². The minimum atomic E-state index is -0.219. The molecule has 0 saturated carbocycles. The van der Waals surface area contributed by atoms with E-state index in [9.17, 15) is 4.39 Å². The first-order valence-corrected chi connectivity index (χ1v) is 5.88. The number of thiazole rings is 1. The maximum atomic E-state index is 12.7. The molecule has 0 aliphatic rings. The number of rotatable bonds is 4. The van der Waals surface area contributed by atoms with Crippen molar-refractivity contribution in [3.05, 3.63) is 51.7 Å². The zero-order chi connectivity index (χ0) is 11.4. The summed E-state index contributed by atoms with van der Waals surface area (Å²) in [7, 11) is 0. The molecular weight excluding hydrogens is 225 g/mol. The van der Waals surface area contributed by atoms with Crippen LogP contribution in [0.15, 0.2) is 30.5 Å². The van der Waals surface area contributed by atoms with Crippen LogP contribution in [0.2, 0.25) is 0 Å². The lowest BCUT2D eigenvalue weighted by atomic mass is 10.2. The summed E-state index contributed by atoms with van der Waals surface area (Å²) in [5.41, 5.74) is 1.05. The molecule has 1 aromatic heterocycles. The van der Waals surface area contributed by atoms with Crippen LogP contribution in [-0.2, 0) is 12.8 Å². The third-order valence-corrected chi connectivity index (χ3v) is 3.29. The second-order valence-corrected chi connectivity index (χ2v) is 4.70. The molecule has 0 radical (unpaired) electrons. The standard InChI is InChI=1S/C12H12FNOS/c13-10-3-1-9(2-4-10)7-12-14-8-11(16-12)5-6-15/h1-4,8,15H,5-7H2. The molecule has 0 aliphatic heterocycles. The van der Waals surface area contributed by atoms with Crippen molar-refractivity contribution < 1.29 is 9.50 Å².